The van der Waals surface area contributed by atoms with Crippen molar-refractivity contribution in [3.8, 4) is 0 Å². The molecular formula is C32H50N8O5. The van der Waals surface area contributed by atoms with Gasteiger partial charge in [-0.25, -0.2) is 4.79 Å². The summed E-state index contributed by atoms with van der Waals surface area (Å²) < 4.78 is 9.89. The van der Waals surface area contributed by atoms with Gasteiger partial charge in [-0.1, -0.05) is 43.5 Å². The molecule has 1 saturated carbocycles. The first kappa shape index (κ1) is 34.4. The summed E-state index contributed by atoms with van der Waals surface area (Å²) in [5, 5.41) is 21.9. The fourth-order valence-electron chi connectivity index (χ4n) is 5.60. The predicted octanol–water partition coefficient (Wildman–Crippen LogP) is 3.28. The van der Waals surface area contributed by atoms with Crippen LogP contribution in [0, 0.1) is 0 Å². The van der Waals surface area contributed by atoms with Crippen LogP contribution in [0.2, 0.25) is 0 Å². The third-order valence-corrected chi connectivity index (χ3v) is 8.13. The molecule has 2 aromatic rings. The maximum absolute atomic E-state index is 12.3. The number of aromatic nitrogens is 2. The van der Waals surface area contributed by atoms with Crippen LogP contribution in [0.3, 0.4) is 0 Å². The molecule has 0 spiro atoms. The number of carbonyl (C=O) groups is 2. The SMILES string of the molecule is CCOCCN1CCN(c2cc(NC(=O)COC(=O)O)nc(NCc3ccc(CNCCCNC4CCCCC4)cc3)n2)CC1. The van der Waals surface area contributed by atoms with E-state index in [2.05, 4.69) is 65.1 Å². The number of carbonyl (C=O) groups excluding carboxylic acids is 1. The monoisotopic (exact) mass is 626 g/mol. The van der Waals surface area contributed by atoms with Crippen LogP contribution in [0.15, 0.2) is 30.3 Å². The van der Waals surface area contributed by atoms with Crippen LogP contribution >= 0.6 is 0 Å². The number of anilines is 3. The molecule has 1 amide bonds. The van der Waals surface area contributed by atoms with Crippen molar-refractivity contribution in [1.82, 2.24) is 25.5 Å². The van der Waals surface area contributed by atoms with Gasteiger partial charge < -0.3 is 40.7 Å². The smallest absolute Gasteiger partial charge is 0.450 e. The molecule has 2 aliphatic rings. The normalized spacial score (nSPS) is 16.0. The summed E-state index contributed by atoms with van der Waals surface area (Å²) in [4.78, 5) is 36.7. The molecule has 2 fully saturated rings. The van der Waals surface area contributed by atoms with Crippen LogP contribution < -0.4 is 26.2 Å². The van der Waals surface area contributed by atoms with Crippen molar-refractivity contribution in [2.45, 2.75) is 64.6 Å². The molecule has 5 N–H and O–H groups in total. The zero-order valence-corrected chi connectivity index (χ0v) is 26.6. The summed E-state index contributed by atoms with van der Waals surface area (Å²) in [6, 6.07) is 10.8. The Morgan fingerprint density at radius 2 is 1.71 bits per heavy atom. The van der Waals surface area contributed by atoms with Gasteiger partial charge >= 0.3 is 6.16 Å². The van der Waals surface area contributed by atoms with E-state index in [0.29, 0.717) is 37.6 Å². The average Bonchev–Trinajstić information content (AvgIpc) is 3.06. The van der Waals surface area contributed by atoms with Gasteiger partial charge in [-0.2, -0.15) is 9.97 Å². The molecule has 4 rings (SSSR count). The Labute approximate surface area is 266 Å². The Balaban J connectivity index is 1.27. The standard InChI is InChI=1S/C32H50N8O5/c1-2-44-20-19-39-15-17-40(18-16-39)29-21-28(36-30(41)24-45-32(42)43)37-31(38-29)35-23-26-11-9-25(10-12-26)22-33-13-6-14-34-27-7-4-3-5-8-27/h9-12,21,27,33-34H,2-8,13-20,22-24H2,1H3,(H,42,43)(H2,35,36,37,38,41). The van der Waals surface area contributed by atoms with Gasteiger partial charge in [0.1, 0.15) is 11.6 Å². The lowest BCUT2D eigenvalue weighted by molar-refractivity contribution is -0.119. The fraction of sp³-hybridized carbons (Fsp3) is 0.625. The molecule has 0 bridgehead atoms. The lowest BCUT2D eigenvalue weighted by Gasteiger charge is -2.35. The quantitative estimate of drug-likeness (QED) is 0.122. The molecule has 1 saturated heterocycles. The Kier molecular flexibility index (Phi) is 14.6. The van der Waals surface area contributed by atoms with E-state index >= 15 is 0 Å². The van der Waals surface area contributed by atoms with Crippen molar-refractivity contribution in [2.75, 3.05) is 81.2 Å². The summed E-state index contributed by atoms with van der Waals surface area (Å²) in [7, 11) is 0. The Morgan fingerprint density at radius 3 is 2.42 bits per heavy atom. The average molecular weight is 627 g/mol. The number of rotatable bonds is 18. The first-order valence-corrected chi connectivity index (χ1v) is 16.3. The van der Waals surface area contributed by atoms with E-state index in [0.717, 1.165) is 64.3 Å². The highest BCUT2D eigenvalue weighted by atomic mass is 16.7. The van der Waals surface area contributed by atoms with Crippen LogP contribution in [0.4, 0.5) is 22.4 Å². The highest BCUT2D eigenvalue weighted by molar-refractivity contribution is 5.92. The molecule has 0 unspecified atom stereocenters. The van der Waals surface area contributed by atoms with Crippen LogP contribution in [-0.2, 0) is 27.4 Å². The maximum Gasteiger partial charge on any atom is 0.506 e. The van der Waals surface area contributed by atoms with Gasteiger partial charge in [-0.05, 0) is 50.4 Å². The summed E-state index contributed by atoms with van der Waals surface area (Å²) >= 11 is 0. The van der Waals surface area contributed by atoms with Gasteiger partial charge in [-0.15, -0.1) is 0 Å². The molecule has 45 heavy (non-hydrogen) atoms. The molecule has 0 atom stereocenters. The van der Waals surface area contributed by atoms with E-state index in [1.807, 2.05) is 6.92 Å². The summed E-state index contributed by atoms with van der Waals surface area (Å²) in [5.74, 6) is 0.712. The molecular weight excluding hydrogens is 576 g/mol. The van der Waals surface area contributed by atoms with Crippen molar-refractivity contribution in [3.05, 3.63) is 41.5 Å². The summed E-state index contributed by atoms with van der Waals surface area (Å²) in [6.07, 6.45) is 6.36. The number of nitrogens with zero attached hydrogens (tertiary/aromatic N) is 4. The topological polar surface area (TPSA) is 153 Å². The third-order valence-electron chi connectivity index (χ3n) is 8.13. The maximum atomic E-state index is 12.3. The van der Waals surface area contributed by atoms with Gasteiger partial charge in [0.05, 0.1) is 6.61 Å². The largest absolute Gasteiger partial charge is 0.506 e. The van der Waals surface area contributed by atoms with Crippen molar-refractivity contribution < 1.29 is 24.2 Å². The number of nitrogens with one attached hydrogen (secondary N) is 4. The summed E-state index contributed by atoms with van der Waals surface area (Å²) in [6.45, 7) is 10.3. The molecule has 1 aliphatic heterocycles. The number of benzene rings is 1. The van der Waals surface area contributed by atoms with Gasteiger partial charge in [-0.3, -0.25) is 9.69 Å². The Morgan fingerprint density at radius 1 is 0.978 bits per heavy atom. The molecule has 1 aromatic heterocycles. The second-order valence-corrected chi connectivity index (χ2v) is 11.6. The number of piperazine rings is 1. The fourth-order valence-corrected chi connectivity index (χ4v) is 5.60. The van der Waals surface area contributed by atoms with Crippen molar-refractivity contribution in [2.24, 2.45) is 0 Å². The second kappa shape index (κ2) is 19.1. The number of amides is 1. The highest BCUT2D eigenvalue weighted by Gasteiger charge is 2.20. The van der Waals surface area contributed by atoms with Crippen LogP contribution in [-0.4, -0.2) is 104 Å². The van der Waals surface area contributed by atoms with Gasteiger partial charge in [0.2, 0.25) is 5.95 Å². The molecule has 1 aromatic carbocycles. The molecule has 2 heterocycles. The minimum absolute atomic E-state index is 0.274. The van der Waals surface area contributed by atoms with Gasteiger partial charge in [0.15, 0.2) is 6.61 Å². The van der Waals surface area contributed by atoms with Crippen LogP contribution in [0.25, 0.3) is 0 Å². The molecule has 13 heteroatoms. The molecule has 1 aliphatic carbocycles. The lowest BCUT2D eigenvalue weighted by atomic mass is 9.95. The number of hydrogen-bond acceptors (Lipinski definition) is 11. The first-order chi connectivity index (χ1) is 22.0. The van der Waals surface area contributed by atoms with E-state index in [4.69, 9.17) is 14.8 Å². The van der Waals surface area contributed by atoms with Crippen LogP contribution in [0.1, 0.15) is 56.6 Å². The van der Waals surface area contributed by atoms with Crippen LogP contribution in [0.5, 0.6) is 0 Å². The van der Waals surface area contributed by atoms with Gasteiger partial charge in [0.25, 0.3) is 5.91 Å². The molecule has 248 valence electrons. The molecule has 13 nitrogen and oxygen atoms in total. The predicted molar refractivity (Wildman–Crippen MR) is 175 cm³/mol. The number of ether oxygens (including phenoxy) is 2. The minimum Gasteiger partial charge on any atom is -0.450 e. The first-order valence-electron chi connectivity index (χ1n) is 16.3. The number of carboxylic acid groups (broad SMARTS) is 1. The Hall–Kier alpha value is -3.52. The minimum atomic E-state index is -1.51. The van der Waals surface area contributed by atoms with E-state index in [-0.39, 0.29) is 5.82 Å². The van der Waals surface area contributed by atoms with Crippen molar-refractivity contribution in [3.63, 3.8) is 0 Å². The zero-order valence-electron chi connectivity index (χ0n) is 26.6. The van der Waals surface area contributed by atoms with E-state index in [9.17, 15) is 9.59 Å². The van der Waals surface area contributed by atoms with Crippen molar-refractivity contribution in [1.29, 1.82) is 0 Å². The van der Waals surface area contributed by atoms with E-state index < -0.39 is 18.7 Å². The third kappa shape index (κ3) is 12.8. The van der Waals surface area contributed by atoms with E-state index in [1.165, 1.54) is 37.7 Å². The van der Waals surface area contributed by atoms with E-state index in [1.54, 1.807) is 6.07 Å². The second-order valence-electron chi connectivity index (χ2n) is 11.6. The zero-order chi connectivity index (χ0) is 31.7. The van der Waals surface area contributed by atoms with Gasteiger partial charge in [0, 0.05) is 64.5 Å². The Bertz CT molecular complexity index is 1170. The highest BCUT2D eigenvalue weighted by Crippen LogP contribution is 2.21. The molecule has 0 radical (unpaired) electrons. The number of hydrogen-bond donors (Lipinski definition) is 5. The van der Waals surface area contributed by atoms with Crippen molar-refractivity contribution >= 4 is 29.6 Å². The lowest BCUT2D eigenvalue weighted by Crippen LogP contribution is -2.47. The summed E-state index contributed by atoms with van der Waals surface area (Å²) in [5.41, 5.74) is 2.30.